The predicted octanol–water partition coefficient (Wildman–Crippen LogP) is 11.1. The van der Waals surface area contributed by atoms with E-state index in [0.29, 0.717) is 24.0 Å². The second-order valence-corrected chi connectivity index (χ2v) is 30.5. The number of hydrogen-bond acceptors (Lipinski definition) is 5. The average molecular weight is 705 g/mol. The van der Waals surface area contributed by atoms with Crippen molar-refractivity contribution in [1.29, 1.82) is 0 Å². The molecule has 3 saturated carbocycles. The summed E-state index contributed by atoms with van der Waals surface area (Å²) in [6.07, 6.45) is 12.4. The zero-order chi connectivity index (χ0) is 35.6. The molecule has 4 nitrogen and oxygen atoms in total. The molecule has 4 aliphatic rings. The third-order valence-electron chi connectivity index (χ3n) is 14.8. The molecular formula is C40H72O4SSi2. The van der Waals surface area contributed by atoms with Crippen LogP contribution in [0.2, 0.25) is 36.3 Å². The van der Waals surface area contributed by atoms with E-state index in [9.17, 15) is 9.90 Å². The highest BCUT2D eigenvalue weighted by atomic mass is 32.2. The number of hydrogen-bond donors (Lipinski definition) is 1. The van der Waals surface area contributed by atoms with Crippen LogP contribution < -0.4 is 0 Å². The molecule has 47 heavy (non-hydrogen) atoms. The van der Waals surface area contributed by atoms with Crippen molar-refractivity contribution in [1.82, 2.24) is 0 Å². The Balaban J connectivity index is 1.66. The Morgan fingerprint density at radius 3 is 2.06 bits per heavy atom. The third kappa shape index (κ3) is 7.29. The van der Waals surface area contributed by atoms with Crippen LogP contribution in [-0.4, -0.2) is 56.3 Å². The summed E-state index contributed by atoms with van der Waals surface area (Å²) in [4.78, 5) is 14.0. The molecule has 3 unspecified atom stereocenters. The fraction of sp³-hybridized carbons (Fsp3) is 0.875. The van der Waals surface area contributed by atoms with Gasteiger partial charge in [-0.3, -0.25) is 4.79 Å². The maximum Gasteiger partial charge on any atom is 0.192 e. The number of thioether (sulfide) groups is 1. The Hall–Kier alpha value is -0.186. The van der Waals surface area contributed by atoms with Crippen molar-refractivity contribution >= 4 is 34.2 Å². The summed E-state index contributed by atoms with van der Waals surface area (Å²) in [6.45, 7) is 35.1. The van der Waals surface area contributed by atoms with E-state index in [0.717, 1.165) is 50.7 Å². The molecule has 1 N–H and O–H groups in total. The van der Waals surface area contributed by atoms with Gasteiger partial charge in [0.15, 0.2) is 16.6 Å². The van der Waals surface area contributed by atoms with E-state index in [1.165, 1.54) is 11.1 Å². The maximum absolute atomic E-state index is 14.0. The molecule has 0 bridgehead atoms. The number of carbonyl (C=O) groups excluding carboxylic acids is 1. The largest absolute Gasteiger partial charge is 0.414 e. The van der Waals surface area contributed by atoms with Gasteiger partial charge in [-0.15, -0.1) is 0 Å². The van der Waals surface area contributed by atoms with Crippen molar-refractivity contribution in [2.24, 2.45) is 28.6 Å². The summed E-state index contributed by atoms with van der Waals surface area (Å²) in [5, 5.41) is 11.4. The van der Waals surface area contributed by atoms with Crippen LogP contribution >= 0.6 is 11.8 Å². The van der Waals surface area contributed by atoms with E-state index < -0.39 is 22.2 Å². The molecule has 0 spiro atoms. The van der Waals surface area contributed by atoms with Crippen LogP contribution in [0.3, 0.4) is 0 Å². The van der Waals surface area contributed by atoms with Gasteiger partial charge in [0.2, 0.25) is 0 Å². The quantitative estimate of drug-likeness (QED) is 0.217. The lowest BCUT2D eigenvalue weighted by Crippen LogP contribution is -2.58. The smallest absolute Gasteiger partial charge is 0.192 e. The van der Waals surface area contributed by atoms with E-state index in [1.54, 1.807) is 0 Å². The molecule has 0 radical (unpaired) electrons. The molecule has 0 saturated heterocycles. The monoisotopic (exact) mass is 704 g/mol. The molecule has 3 fully saturated rings. The van der Waals surface area contributed by atoms with Crippen molar-refractivity contribution in [3.05, 3.63) is 23.3 Å². The second kappa shape index (κ2) is 13.4. The first kappa shape index (κ1) is 39.6. The van der Waals surface area contributed by atoms with Crippen molar-refractivity contribution in [3.8, 4) is 0 Å². The summed E-state index contributed by atoms with van der Waals surface area (Å²) >= 11 is 1.91. The number of rotatable bonds is 11. The highest BCUT2D eigenvalue weighted by Crippen LogP contribution is 2.66. The number of aliphatic hydroxyl groups is 1. The van der Waals surface area contributed by atoms with Gasteiger partial charge in [0, 0.05) is 23.0 Å². The van der Waals surface area contributed by atoms with Gasteiger partial charge in [0.05, 0.1) is 17.8 Å². The van der Waals surface area contributed by atoms with Crippen LogP contribution in [0.15, 0.2) is 23.3 Å². The SMILES string of the molecule is CCC(O)(CC)CCSC(C)[C@H]1C(=O)C[C@H]2C3=CC=C4CC(O[Si](C)(C)C(C)(C)C)CC(O[Si](C)(C)C(C)(C)C)[C@]4(C)[C@H]3CC[C@]12C. The molecule has 0 aromatic carbocycles. The van der Waals surface area contributed by atoms with Gasteiger partial charge < -0.3 is 14.0 Å². The molecule has 4 rings (SSSR count). The summed E-state index contributed by atoms with van der Waals surface area (Å²) in [7, 11) is -4.02. The lowest BCUT2D eigenvalue weighted by Gasteiger charge is -2.59. The Bertz CT molecular complexity index is 1220. The van der Waals surface area contributed by atoms with Gasteiger partial charge in [-0.05, 0) is 104 Å². The number of ketones is 1. The summed E-state index contributed by atoms with van der Waals surface area (Å²) in [5.74, 6) is 2.14. The fourth-order valence-electron chi connectivity index (χ4n) is 9.17. The van der Waals surface area contributed by atoms with Crippen molar-refractivity contribution in [2.45, 2.75) is 187 Å². The molecule has 0 aliphatic heterocycles. The predicted molar refractivity (Wildman–Crippen MR) is 207 cm³/mol. The molecular weight excluding hydrogens is 633 g/mol. The van der Waals surface area contributed by atoms with Gasteiger partial charge in [-0.25, -0.2) is 0 Å². The minimum atomic E-state index is -2.07. The van der Waals surface area contributed by atoms with E-state index in [4.69, 9.17) is 8.85 Å². The Morgan fingerprint density at radius 1 is 0.936 bits per heavy atom. The van der Waals surface area contributed by atoms with Crippen molar-refractivity contribution in [3.63, 3.8) is 0 Å². The van der Waals surface area contributed by atoms with E-state index in [2.05, 4.69) is 115 Å². The molecule has 0 amide bonds. The van der Waals surface area contributed by atoms with E-state index in [-0.39, 0.29) is 44.3 Å². The topological polar surface area (TPSA) is 55.8 Å². The zero-order valence-electron chi connectivity index (χ0n) is 33.1. The number of fused-ring (bicyclic) bond motifs is 5. The minimum absolute atomic E-state index is 0.0161. The summed E-state index contributed by atoms with van der Waals surface area (Å²) in [5.41, 5.74) is 2.36. The second-order valence-electron chi connectivity index (χ2n) is 19.5. The van der Waals surface area contributed by atoms with Crippen LogP contribution in [0.25, 0.3) is 0 Å². The summed E-state index contributed by atoms with van der Waals surface area (Å²) < 4.78 is 14.7. The molecule has 8 atom stereocenters. The summed E-state index contributed by atoms with van der Waals surface area (Å²) in [6, 6.07) is 0. The third-order valence-corrected chi connectivity index (χ3v) is 25.0. The first-order valence-corrected chi connectivity index (χ1v) is 25.9. The number of carbonyl (C=O) groups is 1. The molecule has 7 heteroatoms. The highest BCUT2D eigenvalue weighted by Gasteiger charge is 2.62. The van der Waals surface area contributed by atoms with Gasteiger partial charge in [0.25, 0.3) is 0 Å². The van der Waals surface area contributed by atoms with Gasteiger partial charge in [-0.2, -0.15) is 11.8 Å². The number of allylic oxidation sites excluding steroid dienone is 3. The fourth-order valence-corrected chi connectivity index (χ4v) is 13.5. The molecule has 0 heterocycles. The van der Waals surface area contributed by atoms with E-state index in [1.807, 2.05) is 11.8 Å². The molecule has 4 aliphatic carbocycles. The normalized spacial score (nSPS) is 34.3. The van der Waals surface area contributed by atoms with Crippen LogP contribution in [0, 0.1) is 28.6 Å². The molecule has 0 aromatic rings. The first-order chi connectivity index (χ1) is 21.4. The lowest BCUT2D eigenvalue weighted by atomic mass is 9.49. The van der Waals surface area contributed by atoms with Crippen LogP contribution in [0.4, 0.5) is 0 Å². The lowest BCUT2D eigenvalue weighted by molar-refractivity contribution is -0.122. The Morgan fingerprint density at radius 2 is 1.51 bits per heavy atom. The van der Waals surface area contributed by atoms with Gasteiger partial charge in [0.1, 0.15) is 5.78 Å². The van der Waals surface area contributed by atoms with E-state index >= 15 is 0 Å². The zero-order valence-corrected chi connectivity index (χ0v) is 35.9. The average Bonchev–Trinajstić information content (AvgIpc) is 3.21. The van der Waals surface area contributed by atoms with Gasteiger partial charge in [-0.1, -0.05) is 99.5 Å². The van der Waals surface area contributed by atoms with Crippen LogP contribution in [0.1, 0.15) is 128 Å². The first-order valence-electron chi connectivity index (χ1n) is 19.0. The van der Waals surface area contributed by atoms with Crippen LogP contribution in [0.5, 0.6) is 0 Å². The Labute approximate surface area is 296 Å². The van der Waals surface area contributed by atoms with Gasteiger partial charge >= 0.3 is 0 Å². The van der Waals surface area contributed by atoms with Crippen molar-refractivity contribution in [2.75, 3.05) is 5.75 Å². The van der Waals surface area contributed by atoms with Crippen LogP contribution in [-0.2, 0) is 13.6 Å². The minimum Gasteiger partial charge on any atom is -0.414 e. The maximum atomic E-state index is 14.0. The van der Waals surface area contributed by atoms with Crippen molar-refractivity contribution < 1.29 is 18.8 Å². The number of Topliss-reactive ketones (excluding diaryl/α,β-unsaturated/α-hetero) is 1. The Kier molecular flexibility index (Phi) is 11.3. The standard InChI is InChI=1S/C40H72O4SSi2/c1-16-40(42,17-2)22-23-45-27(3)35-33(41)26-32-30-19-18-28-24-29(43-46(12,13)36(4,5)6)25-34(44-47(14,15)37(7,8)9)39(28,11)31(30)20-21-38(32,35)10/h18-19,27,29,31-32,34-35,42H,16-17,20-26H2,1-15H3/t27?,29?,31-,32-,34?,35-,38-,39-/m0/s1. The highest BCUT2D eigenvalue weighted by molar-refractivity contribution is 7.99. The molecule has 0 aromatic heterocycles. The molecule has 270 valence electrons.